The molecular weight excluding hydrogens is 146 g/mol. The lowest BCUT2D eigenvalue weighted by Crippen LogP contribution is -2.09. The van der Waals surface area contributed by atoms with E-state index in [0.29, 0.717) is 0 Å². The van der Waals surface area contributed by atoms with Crippen LogP contribution in [-0.4, -0.2) is 11.7 Å². The van der Waals surface area contributed by atoms with E-state index in [1.165, 1.54) is 19.1 Å². The van der Waals surface area contributed by atoms with Crippen LogP contribution in [0, 0.1) is 0 Å². The van der Waals surface area contributed by atoms with Gasteiger partial charge in [-0.05, 0) is 12.1 Å². The molecule has 0 aliphatic carbocycles. The van der Waals surface area contributed by atoms with Crippen molar-refractivity contribution in [2.24, 2.45) is 5.73 Å². The summed E-state index contributed by atoms with van der Waals surface area (Å²) in [5, 5.41) is 0. The third-order valence-corrected chi connectivity index (χ3v) is 1.20. The summed E-state index contributed by atoms with van der Waals surface area (Å²) in [5.41, 5.74) is 4.88. The van der Waals surface area contributed by atoms with Gasteiger partial charge in [-0.1, -0.05) is 0 Å². The third-order valence-electron chi connectivity index (χ3n) is 1.20. The molecule has 4 heteroatoms. The van der Waals surface area contributed by atoms with Crippen molar-refractivity contribution in [1.29, 1.82) is 0 Å². The lowest BCUT2D eigenvalue weighted by Gasteiger charge is -1.86. The minimum atomic E-state index is -0.669. The smallest absolute Gasteiger partial charge is 0.284 e. The van der Waals surface area contributed by atoms with Gasteiger partial charge in [0.05, 0.1) is 0 Å². The number of rotatable bonds is 2. The molecule has 58 valence electrons. The fourth-order valence-corrected chi connectivity index (χ4v) is 0.660. The second kappa shape index (κ2) is 2.57. The molecule has 0 saturated heterocycles. The fraction of sp³-hybridized carbons (Fsp3) is 0.143. The van der Waals surface area contributed by atoms with Crippen molar-refractivity contribution in [2.75, 3.05) is 0 Å². The molecule has 0 atom stereocenters. The van der Waals surface area contributed by atoms with Crippen molar-refractivity contribution in [2.45, 2.75) is 6.92 Å². The predicted molar refractivity (Wildman–Crippen MR) is 37.2 cm³/mol. The van der Waals surface area contributed by atoms with Crippen molar-refractivity contribution in [3.8, 4) is 0 Å². The largest absolute Gasteiger partial charge is 0.448 e. The Morgan fingerprint density at radius 3 is 2.18 bits per heavy atom. The molecule has 0 fully saturated rings. The number of carbonyl (C=O) groups is 2. The normalized spacial score (nSPS) is 9.55. The van der Waals surface area contributed by atoms with Crippen molar-refractivity contribution < 1.29 is 14.0 Å². The first-order chi connectivity index (χ1) is 5.11. The summed E-state index contributed by atoms with van der Waals surface area (Å²) < 4.78 is 4.78. The van der Waals surface area contributed by atoms with Gasteiger partial charge in [-0.2, -0.15) is 0 Å². The Hall–Kier alpha value is -1.58. The summed E-state index contributed by atoms with van der Waals surface area (Å²) >= 11 is 0. The molecule has 0 radical (unpaired) electrons. The van der Waals surface area contributed by atoms with Gasteiger partial charge < -0.3 is 10.2 Å². The molecule has 0 unspecified atom stereocenters. The Kier molecular flexibility index (Phi) is 1.76. The molecule has 4 nitrogen and oxygen atoms in total. The Morgan fingerprint density at radius 1 is 1.36 bits per heavy atom. The number of furan rings is 1. The quantitative estimate of drug-likeness (QED) is 0.631. The maximum Gasteiger partial charge on any atom is 0.284 e. The van der Waals surface area contributed by atoms with Gasteiger partial charge in [0, 0.05) is 6.92 Å². The molecule has 0 bridgehead atoms. The number of hydrogen-bond acceptors (Lipinski definition) is 3. The van der Waals surface area contributed by atoms with Crippen LogP contribution in [0.5, 0.6) is 0 Å². The van der Waals surface area contributed by atoms with E-state index in [4.69, 9.17) is 10.2 Å². The zero-order chi connectivity index (χ0) is 8.43. The molecule has 1 aromatic rings. The molecule has 0 spiro atoms. The standard InChI is InChI=1S/C7H7NO3/c1-4(9)5-2-3-6(11-5)7(8)10/h2-3H,1H3,(H2,8,10). The van der Waals surface area contributed by atoms with Gasteiger partial charge >= 0.3 is 0 Å². The Morgan fingerprint density at radius 2 is 1.91 bits per heavy atom. The molecule has 0 aromatic carbocycles. The van der Waals surface area contributed by atoms with Crippen LogP contribution in [0.15, 0.2) is 16.5 Å². The van der Waals surface area contributed by atoms with Gasteiger partial charge in [-0.25, -0.2) is 0 Å². The fourth-order valence-electron chi connectivity index (χ4n) is 0.660. The van der Waals surface area contributed by atoms with E-state index in [0.717, 1.165) is 0 Å². The summed E-state index contributed by atoms with van der Waals surface area (Å²) in [6, 6.07) is 2.79. The van der Waals surface area contributed by atoms with Crippen LogP contribution >= 0.6 is 0 Å². The van der Waals surface area contributed by atoms with Crippen LogP contribution in [0.2, 0.25) is 0 Å². The van der Waals surface area contributed by atoms with E-state index in [2.05, 4.69) is 0 Å². The van der Waals surface area contributed by atoms with Crippen LogP contribution < -0.4 is 5.73 Å². The highest BCUT2D eigenvalue weighted by atomic mass is 16.4. The molecule has 1 heterocycles. The minimum absolute atomic E-state index is 0.00944. The van der Waals surface area contributed by atoms with Crippen molar-refractivity contribution in [3.63, 3.8) is 0 Å². The highest BCUT2D eigenvalue weighted by molar-refractivity contribution is 5.94. The molecular formula is C7H7NO3. The van der Waals surface area contributed by atoms with Crippen LogP contribution in [-0.2, 0) is 0 Å². The van der Waals surface area contributed by atoms with Gasteiger partial charge in [0.15, 0.2) is 17.3 Å². The van der Waals surface area contributed by atoms with E-state index in [1.54, 1.807) is 0 Å². The number of ketones is 1. The first-order valence-corrected chi connectivity index (χ1v) is 3.02. The average Bonchev–Trinajstić information content (AvgIpc) is 2.33. The highest BCUT2D eigenvalue weighted by Gasteiger charge is 2.08. The van der Waals surface area contributed by atoms with Crippen molar-refractivity contribution >= 4 is 11.7 Å². The van der Waals surface area contributed by atoms with Gasteiger partial charge in [-0.15, -0.1) is 0 Å². The summed E-state index contributed by atoms with van der Waals surface area (Å²) in [6.45, 7) is 1.35. The maximum absolute atomic E-state index is 10.6. The maximum atomic E-state index is 10.6. The molecule has 1 rings (SSSR count). The average molecular weight is 153 g/mol. The topological polar surface area (TPSA) is 73.3 Å². The zero-order valence-corrected chi connectivity index (χ0v) is 5.96. The van der Waals surface area contributed by atoms with Gasteiger partial charge in [0.2, 0.25) is 0 Å². The number of Topliss-reactive ketones (excluding diaryl/α,β-unsaturated/α-hetero) is 1. The first kappa shape index (κ1) is 7.53. The second-order valence-electron chi connectivity index (χ2n) is 2.08. The molecule has 0 aliphatic rings. The Balaban J connectivity index is 2.99. The third kappa shape index (κ3) is 1.46. The SMILES string of the molecule is CC(=O)c1ccc(C(N)=O)o1. The molecule has 0 saturated carbocycles. The van der Waals surface area contributed by atoms with Crippen molar-refractivity contribution in [3.05, 3.63) is 23.7 Å². The van der Waals surface area contributed by atoms with E-state index in [-0.39, 0.29) is 17.3 Å². The number of nitrogens with two attached hydrogens (primary N) is 1. The number of hydrogen-bond donors (Lipinski definition) is 1. The zero-order valence-electron chi connectivity index (χ0n) is 5.96. The van der Waals surface area contributed by atoms with Gasteiger partial charge in [0.25, 0.3) is 5.91 Å². The van der Waals surface area contributed by atoms with E-state index < -0.39 is 5.91 Å². The summed E-state index contributed by atoms with van der Waals surface area (Å²) in [5.74, 6) is -0.732. The Bertz CT molecular complexity index is 272. The lowest BCUT2D eigenvalue weighted by molar-refractivity contribution is 0.0957. The first-order valence-electron chi connectivity index (χ1n) is 3.02. The van der Waals surface area contributed by atoms with Crippen molar-refractivity contribution in [1.82, 2.24) is 0 Å². The molecule has 2 N–H and O–H groups in total. The minimum Gasteiger partial charge on any atom is -0.448 e. The molecule has 0 aliphatic heterocycles. The molecule has 11 heavy (non-hydrogen) atoms. The van der Waals surface area contributed by atoms with Crippen LogP contribution in [0.4, 0.5) is 0 Å². The second-order valence-corrected chi connectivity index (χ2v) is 2.08. The van der Waals surface area contributed by atoms with Gasteiger partial charge in [0.1, 0.15) is 0 Å². The number of primary amides is 1. The monoisotopic (exact) mass is 153 g/mol. The van der Waals surface area contributed by atoms with E-state index in [1.807, 2.05) is 0 Å². The van der Waals surface area contributed by atoms with Crippen LogP contribution in [0.25, 0.3) is 0 Å². The summed E-state index contributed by atoms with van der Waals surface area (Å²) in [7, 11) is 0. The van der Waals surface area contributed by atoms with Crippen LogP contribution in [0.1, 0.15) is 28.0 Å². The predicted octanol–water partition coefficient (Wildman–Crippen LogP) is 0.581. The number of amides is 1. The van der Waals surface area contributed by atoms with E-state index in [9.17, 15) is 9.59 Å². The van der Waals surface area contributed by atoms with Gasteiger partial charge in [-0.3, -0.25) is 9.59 Å². The summed E-state index contributed by atoms with van der Waals surface area (Å²) in [4.78, 5) is 21.1. The number of carbonyl (C=O) groups excluding carboxylic acids is 2. The Labute approximate surface area is 63.0 Å². The summed E-state index contributed by atoms with van der Waals surface area (Å²) in [6.07, 6.45) is 0. The lowest BCUT2D eigenvalue weighted by atomic mass is 10.3. The highest BCUT2D eigenvalue weighted by Crippen LogP contribution is 2.06. The van der Waals surface area contributed by atoms with Crippen LogP contribution in [0.3, 0.4) is 0 Å². The molecule has 1 aromatic heterocycles. The molecule has 1 amide bonds. The van der Waals surface area contributed by atoms with E-state index >= 15 is 0 Å².